The number of aryl methyl sites for hydroxylation is 3. The summed E-state index contributed by atoms with van der Waals surface area (Å²) in [4.78, 5) is 12.8. The first-order valence-corrected chi connectivity index (χ1v) is 9.64. The Labute approximate surface area is 155 Å². The van der Waals surface area contributed by atoms with Gasteiger partial charge in [-0.15, -0.1) is 10.2 Å². The molecule has 7 nitrogen and oxygen atoms in total. The number of aromatic nitrogens is 5. The normalized spacial score (nSPS) is 14.2. The van der Waals surface area contributed by atoms with Gasteiger partial charge in [0.2, 0.25) is 0 Å². The molecule has 0 radical (unpaired) electrons. The Hall–Kier alpha value is -2.35. The second-order valence-electron chi connectivity index (χ2n) is 6.76. The molecule has 3 heterocycles. The minimum atomic E-state index is 0.0811. The summed E-state index contributed by atoms with van der Waals surface area (Å²) in [6, 6.07) is 4.28. The third-order valence-electron chi connectivity index (χ3n) is 4.66. The second kappa shape index (κ2) is 6.42. The van der Waals surface area contributed by atoms with Crippen molar-refractivity contribution in [2.45, 2.75) is 51.7 Å². The molecule has 136 valence electrons. The number of nitrogens with zero attached hydrogens (tertiary/aromatic N) is 5. The van der Waals surface area contributed by atoms with Gasteiger partial charge >= 0.3 is 0 Å². The SMILES string of the molecule is Cc1cc(-n2c(C)cc(C(=O)CSc3nnc(C)n3C3CC3)c2C)no1. The lowest BCUT2D eigenvalue weighted by molar-refractivity contribution is 0.102. The highest BCUT2D eigenvalue weighted by atomic mass is 32.2. The van der Waals surface area contributed by atoms with Crippen LogP contribution in [-0.4, -0.2) is 36.0 Å². The molecule has 1 saturated carbocycles. The molecule has 1 aliphatic carbocycles. The van der Waals surface area contributed by atoms with Crippen LogP contribution in [0.3, 0.4) is 0 Å². The Bertz CT molecular complexity index is 980. The maximum absolute atomic E-state index is 12.8. The minimum absolute atomic E-state index is 0.0811. The Morgan fingerprint density at radius 2 is 2.00 bits per heavy atom. The maximum Gasteiger partial charge on any atom is 0.191 e. The molecular weight excluding hydrogens is 350 g/mol. The molecule has 3 aromatic rings. The van der Waals surface area contributed by atoms with Crippen LogP contribution in [0, 0.1) is 27.7 Å². The van der Waals surface area contributed by atoms with Crippen molar-refractivity contribution in [3.05, 3.63) is 40.7 Å². The van der Waals surface area contributed by atoms with Crippen molar-refractivity contribution in [3.63, 3.8) is 0 Å². The van der Waals surface area contributed by atoms with E-state index in [1.54, 1.807) is 0 Å². The highest BCUT2D eigenvalue weighted by molar-refractivity contribution is 7.99. The summed E-state index contributed by atoms with van der Waals surface area (Å²) in [7, 11) is 0. The first-order valence-electron chi connectivity index (χ1n) is 8.66. The van der Waals surface area contributed by atoms with Crippen LogP contribution >= 0.6 is 11.8 Å². The number of carbonyl (C=O) groups is 1. The second-order valence-corrected chi connectivity index (χ2v) is 7.70. The highest BCUT2D eigenvalue weighted by Gasteiger charge is 2.29. The number of thioether (sulfide) groups is 1. The van der Waals surface area contributed by atoms with Crippen molar-refractivity contribution in [1.82, 2.24) is 24.5 Å². The minimum Gasteiger partial charge on any atom is -0.360 e. The summed E-state index contributed by atoms with van der Waals surface area (Å²) in [6.45, 7) is 7.72. The smallest absolute Gasteiger partial charge is 0.191 e. The van der Waals surface area contributed by atoms with Gasteiger partial charge in [0.05, 0.1) is 5.75 Å². The quantitative estimate of drug-likeness (QED) is 0.487. The lowest BCUT2D eigenvalue weighted by Gasteiger charge is -2.06. The predicted octanol–water partition coefficient (Wildman–Crippen LogP) is 3.60. The maximum atomic E-state index is 12.8. The molecular formula is C18H21N5O2S. The molecule has 26 heavy (non-hydrogen) atoms. The van der Waals surface area contributed by atoms with Crippen LogP contribution in [0.5, 0.6) is 0 Å². The Balaban J connectivity index is 1.54. The number of ketones is 1. The molecule has 0 saturated heterocycles. The Morgan fingerprint density at radius 1 is 1.23 bits per heavy atom. The van der Waals surface area contributed by atoms with E-state index < -0.39 is 0 Å². The number of Topliss-reactive ketones (excluding diaryl/α,β-unsaturated/α-hetero) is 1. The fourth-order valence-electron chi connectivity index (χ4n) is 3.27. The first-order chi connectivity index (χ1) is 12.5. The molecule has 1 fully saturated rings. The Morgan fingerprint density at radius 3 is 2.65 bits per heavy atom. The standard InChI is InChI=1S/C18H21N5O2S/c1-10-7-15(12(3)22(10)17-8-11(2)25-21-17)16(24)9-26-18-20-19-13(4)23(18)14-5-6-14/h7-8,14H,5-6,9H2,1-4H3. The summed E-state index contributed by atoms with van der Waals surface area (Å²) in [5, 5.41) is 13.3. The average Bonchev–Trinajstić information content (AvgIpc) is 3.13. The monoisotopic (exact) mass is 371 g/mol. The van der Waals surface area contributed by atoms with E-state index in [2.05, 4.69) is 19.9 Å². The van der Waals surface area contributed by atoms with Gasteiger partial charge < -0.3 is 9.09 Å². The van der Waals surface area contributed by atoms with Crippen molar-refractivity contribution in [1.29, 1.82) is 0 Å². The van der Waals surface area contributed by atoms with Crippen molar-refractivity contribution in [2.24, 2.45) is 0 Å². The zero-order valence-corrected chi connectivity index (χ0v) is 16.1. The van der Waals surface area contributed by atoms with Crippen LogP contribution in [-0.2, 0) is 0 Å². The molecule has 0 atom stereocenters. The van der Waals surface area contributed by atoms with Gasteiger partial charge in [-0.25, -0.2) is 0 Å². The number of hydrogen-bond donors (Lipinski definition) is 0. The van der Waals surface area contributed by atoms with Gasteiger partial charge in [-0.3, -0.25) is 9.36 Å². The summed E-state index contributed by atoms with van der Waals surface area (Å²) >= 11 is 1.46. The summed E-state index contributed by atoms with van der Waals surface area (Å²) < 4.78 is 9.27. The largest absolute Gasteiger partial charge is 0.360 e. The zero-order valence-electron chi connectivity index (χ0n) is 15.3. The molecule has 4 rings (SSSR count). The van der Waals surface area contributed by atoms with Crippen LogP contribution in [0.2, 0.25) is 0 Å². The van der Waals surface area contributed by atoms with Crippen molar-refractivity contribution < 1.29 is 9.32 Å². The summed E-state index contributed by atoms with van der Waals surface area (Å²) in [6.07, 6.45) is 2.33. The molecule has 8 heteroatoms. The fourth-order valence-corrected chi connectivity index (χ4v) is 4.20. The van der Waals surface area contributed by atoms with Crippen LogP contribution in [0.15, 0.2) is 21.8 Å². The van der Waals surface area contributed by atoms with E-state index in [1.165, 1.54) is 24.6 Å². The zero-order chi connectivity index (χ0) is 18.4. The van der Waals surface area contributed by atoms with Gasteiger partial charge in [0.25, 0.3) is 0 Å². The number of hydrogen-bond acceptors (Lipinski definition) is 6. The van der Waals surface area contributed by atoms with E-state index in [4.69, 9.17) is 4.52 Å². The molecule has 0 N–H and O–H groups in total. The van der Waals surface area contributed by atoms with E-state index in [0.29, 0.717) is 23.2 Å². The highest BCUT2D eigenvalue weighted by Crippen LogP contribution is 2.38. The van der Waals surface area contributed by atoms with Crippen LogP contribution in [0.25, 0.3) is 5.82 Å². The van der Waals surface area contributed by atoms with Gasteiger partial charge in [0.15, 0.2) is 16.8 Å². The molecule has 0 spiro atoms. The third-order valence-corrected chi connectivity index (χ3v) is 5.60. The fraction of sp³-hybridized carbons (Fsp3) is 0.444. The van der Waals surface area contributed by atoms with Gasteiger partial charge in [-0.05, 0) is 46.6 Å². The first kappa shape index (κ1) is 17.1. The topological polar surface area (TPSA) is 78.7 Å². The Kier molecular flexibility index (Phi) is 4.22. The van der Waals surface area contributed by atoms with Crippen LogP contribution in [0.1, 0.15) is 52.2 Å². The third kappa shape index (κ3) is 2.98. The van der Waals surface area contributed by atoms with Gasteiger partial charge in [0, 0.05) is 29.1 Å². The number of rotatable bonds is 6. The molecule has 3 aromatic heterocycles. The van der Waals surface area contributed by atoms with Crippen molar-refractivity contribution in [3.8, 4) is 5.82 Å². The predicted molar refractivity (Wildman–Crippen MR) is 98.1 cm³/mol. The molecule has 1 aliphatic rings. The van der Waals surface area contributed by atoms with Crippen LogP contribution < -0.4 is 0 Å². The van der Waals surface area contributed by atoms with E-state index in [9.17, 15) is 4.79 Å². The van der Waals surface area contributed by atoms with Crippen LogP contribution in [0.4, 0.5) is 0 Å². The lowest BCUT2D eigenvalue weighted by atomic mass is 10.2. The van der Waals surface area contributed by atoms with Gasteiger partial charge in [-0.1, -0.05) is 16.9 Å². The van der Waals surface area contributed by atoms with Gasteiger partial charge in [0.1, 0.15) is 11.6 Å². The van der Waals surface area contributed by atoms with Crippen molar-refractivity contribution >= 4 is 17.5 Å². The average molecular weight is 371 g/mol. The van der Waals surface area contributed by atoms with E-state index >= 15 is 0 Å². The number of carbonyl (C=O) groups excluding carboxylic acids is 1. The van der Waals surface area contributed by atoms with E-state index in [0.717, 1.165) is 28.1 Å². The molecule has 0 unspecified atom stereocenters. The van der Waals surface area contributed by atoms with Crippen molar-refractivity contribution in [2.75, 3.05) is 5.75 Å². The summed E-state index contributed by atoms with van der Waals surface area (Å²) in [5.41, 5.74) is 2.55. The van der Waals surface area contributed by atoms with E-state index in [-0.39, 0.29) is 5.78 Å². The molecule has 0 aromatic carbocycles. The van der Waals surface area contributed by atoms with Gasteiger partial charge in [-0.2, -0.15) is 0 Å². The summed E-state index contributed by atoms with van der Waals surface area (Å²) in [5.74, 6) is 2.78. The molecule has 0 bridgehead atoms. The molecule has 0 aliphatic heterocycles. The lowest BCUT2D eigenvalue weighted by Crippen LogP contribution is -2.07. The molecule has 0 amide bonds. The van der Waals surface area contributed by atoms with E-state index in [1.807, 2.05) is 44.4 Å².